The molecule has 0 aromatic heterocycles. The number of hydrogen-bond donors (Lipinski definition) is 0. The van der Waals surface area contributed by atoms with Crippen LogP contribution in [0.2, 0.25) is 5.02 Å². The van der Waals surface area contributed by atoms with Crippen molar-refractivity contribution in [3.63, 3.8) is 0 Å². The summed E-state index contributed by atoms with van der Waals surface area (Å²) in [7, 11) is 1.56. The Labute approximate surface area is 178 Å². The molecular formula is C23H29ClN2O3. The Morgan fingerprint density at radius 3 is 2.48 bits per heavy atom. The molecule has 0 bridgehead atoms. The smallest absolute Gasteiger partial charge is 0.254 e. The number of anilines is 1. The number of carbonyl (C=O) groups excluding carboxylic acids is 1. The summed E-state index contributed by atoms with van der Waals surface area (Å²) in [6, 6.07) is 11.9. The molecule has 156 valence electrons. The number of aryl methyl sites for hydroxylation is 1. The molecule has 5 nitrogen and oxygen atoms in total. The van der Waals surface area contributed by atoms with Crippen LogP contribution >= 0.6 is 11.6 Å². The number of halogens is 1. The van der Waals surface area contributed by atoms with E-state index in [0.717, 1.165) is 13.1 Å². The van der Waals surface area contributed by atoms with Gasteiger partial charge in [0.2, 0.25) is 0 Å². The first kappa shape index (κ1) is 21.3. The zero-order valence-electron chi connectivity index (χ0n) is 17.6. The van der Waals surface area contributed by atoms with Crippen molar-refractivity contribution < 1.29 is 14.3 Å². The predicted molar refractivity (Wildman–Crippen MR) is 118 cm³/mol. The summed E-state index contributed by atoms with van der Waals surface area (Å²) in [5.41, 5.74) is 2.96. The third kappa shape index (κ3) is 5.15. The number of nitrogens with zero attached hydrogens (tertiary/aromatic N) is 2. The molecule has 0 radical (unpaired) electrons. The molecule has 0 aliphatic carbocycles. The molecule has 0 unspecified atom stereocenters. The number of piperazine rings is 1. The normalized spacial score (nSPS) is 14.3. The van der Waals surface area contributed by atoms with Gasteiger partial charge < -0.3 is 19.3 Å². The SMILES string of the molecule is COc1cc(C(=O)N2CCN(c3cccc(C)c3)CC2)cc(Cl)c1OCC(C)C. The summed E-state index contributed by atoms with van der Waals surface area (Å²) >= 11 is 6.41. The molecule has 0 saturated carbocycles. The highest BCUT2D eigenvalue weighted by atomic mass is 35.5. The average Bonchev–Trinajstić information content (AvgIpc) is 2.71. The lowest BCUT2D eigenvalue weighted by molar-refractivity contribution is 0.0746. The number of hydrogen-bond acceptors (Lipinski definition) is 4. The Bertz CT molecular complexity index is 861. The van der Waals surface area contributed by atoms with E-state index in [4.69, 9.17) is 21.1 Å². The first-order valence-electron chi connectivity index (χ1n) is 10.00. The van der Waals surface area contributed by atoms with Gasteiger partial charge in [-0.25, -0.2) is 0 Å². The monoisotopic (exact) mass is 416 g/mol. The number of rotatable bonds is 6. The zero-order valence-corrected chi connectivity index (χ0v) is 18.3. The highest BCUT2D eigenvalue weighted by Crippen LogP contribution is 2.37. The maximum Gasteiger partial charge on any atom is 0.254 e. The first-order chi connectivity index (χ1) is 13.9. The second kappa shape index (κ2) is 9.40. The van der Waals surface area contributed by atoms with Gasteiger partial charge in [-0.2, -0.15) is 0 Å². The van der Waals surface area contributed by atoms with Crippen molar-refractivity contribution in [3.05, 3.63) is 52.5 Å². The lowest BCUT2D eigenvalue weighted by Crippen LogP contribution is -2.48. The Kier molecular flexibility index (Phi) is 6.91. The van der Waals surface area contributed by atoms with E-state index in [9.17, 15) is 4.79 Å². The number of carbonyl (C=O) groups is 1. The van der Waals surface area contributed by atoms with Crippen LogP contribution in [-0.4, -0.2) is 50.7 Å². The van der Waals surface area contributed by atoms with E-state index < -0.39 is 0 Å². The van der Waals surface area contributed by atoms with E-state index in [0.29, 0.717) is 47.7 Å². The lowest BCUT2D eigenvalue weighted by Gasteiger charge is -2.36. The minimum atomic E-state index is -0.0375. The maximum atomic E-state index is 13.0. The van der Waals surface area contributed by atoms with Crippen molar-refractivity contribution in [2.45, 2.75) is 20.8 Å². The molecule has 0 spiro atoms. The van der Waals surface area contributed by atoms with Crippen LogP contribution < -0.4 is 14.4 Å². The summed E-state index contributed by atoms with van der Waals surface area (Å²) in [4.78, 5) is 17.2. The summed E-state index contributed by atoms with van der Waals surface area (Å²) in [6.45, 7) is 9.69. The van der Waals surface area contributed by atoms with Gasteiger partial charge in [0.1, 0.15) is 0 Å². The topological polar surface area (TPSA) is 42.0 Å². The summed E-state index contributed by atoms with van der Waals surface area (Å²) in [5, 5.41) is 0.395. The summed E-state index contributed by atoms with van der Waals surface area (Å²) in [6.07, 6.45) is 0. The van der Waals surface area contributed by atoms with Crippen LogP contribution in [0.4, 0.5) is 5.69 Å². The van der Waals surface area contributed by atoms with E-state index in [1.165, 1.54) is 11.3 Å². The van der Waals surface area contributed by atoms with Gasteiger partial charge in [0.25, 0.3) is 5.91 Å². The number of amides is 1. The van der Waals surface area contributed by atoms with Crippen molar-refractivity contribution in [3.8, 4) is 11.5 Å². The standard InChI is InChI=1S/C23H29ClN2O3/c1-16(2)15-29-22-20(24)13-18(14-21(22)28-4)23(27)26-10-8-25(9-11-26)19-7-5-6-17(3)12-19/h5-7,12-14,16H,8-11,15H2,1-4H3. The van der Waals surface area contributed by atoms with Crippen LogP contribution in [0.15, 0.2) is 36.4 Å². The molecule has 1 aliphatic rings. The predicted octanol–water partition coefficient (Wildman–Crippen LogP) is 4.65. The summed E-state index contributed by atoms with van der Waals surface area (Å²) < 4.78 is 11.2. The van der Waals surface area contributed by atoms with Crippen LogP contribution in [0, 0.1) is 12.8 Å². The van der Waals surface area contributed by atoms with Crippen molar-refractivity contribution in [2.24, 2.45) is 5.92 Å². The van der Waals surface area contributed by atoms with Gasteiger partial charge in [0.05, 0.1) is 18.7 Å². The van der Waals surface area contributed by atoms with Gasteiger partial charge in [-0.05, 0) is 42.7 Å². The third-order valence-corrected chi connectivity index (χ3v) is 5.25. The minimum Gasteiger partial charge on any atom is -0.493 e. The van der Waals surface area contributed by atoms with E-state index in [2.05, 4.69) is 49.9 Å². The largest absolute Gasteiger partial charge is 0.493 e. The molecule has 2 aromatic carbocycles. The third-order valence-electron chi connectivity index (χ3n) is 4.97. The van der Waals surface area contributed by atoms with E-state index in [1.54, 1.807) is 19.2 Å². The van der Waals surface area contributed by atoms with Crippen LogP contribution in [0.3, 0.4) is 0 Å². The summed E-state index contributed by atoms with van der Waals surface area (Å²) in [5.74, 6) is 1.30. The Hall–Kier alpha value is -2.40. The zero-order chi connectivity index (χ0) is 21.0. The minimum absolute atomic E-state index is 0.0375. The van der Waals surface area contributed by atoms with Gasteiger partial charge in [-0.15, -0.1) is 0 Å². The highest BCUT2D eigenvalue weighted by molar-refractivity contribution is 6.32. The molecule has 0 N–H and O–H groups in total. The number of methoxy groups -OCH3 is 1. The first-order valence-corrected chi connectivity index (χ1v) is 10.4. The molecule has 1 fully saturated rings. The average molecular weight is 417 g/mol. The molecule has 3 rings (SSSR count). The molecular weight excluding hydrogens is 388 g/mol. The number of ether oxygens (including phenoxy) is 2. The van der Waals surface area contributed by atoms with Crippen molar-refractivity contribution in [1.82, 2.24) is 4.90 Å². The molecule has 1 amide bonds. The molecule has 1 saturated heterocycles. The molecule has 2 aromatic rings. The van der Waals surface area contributed by atoms with E-state index in [1.807, 2.05) is 4.90 Å². The van der Waals surface area contributed by atoms with Crippen LogP contribution in [-0.2, 0) is 0 Å². The molecule has 1 heterocycles. The second-order valence-corrected chi connectivity index (χ2v) is 8.22. The molecule has 1 aliphatic heterocycles. The van der Waals surface area contributed by atoms with Crippen LogP contribution in [0.25, 0.3) is 0 Å². The van der Waals surface area contributed by atoms with E-state index >= 15 is 0 Å². The van der Waals surface area contributed by atoms with Crippen LogP contribution in [0.5, 0.6) is 11.5 Å². The van der Waals surface area contributed by atoms with Gasteiger partial charge in [-0.1, -0.05) is 37.6 Å². The Morgan fingerprint density at radius 1 is 1.14 bits per heavy atom. The van der Waals surface area contributed by atoms with Crippen LogP contribution in [0.1, 0.15) is 29.8 Å². The molecule has 29 heavy (non-hydrogen) atoms. The fraction of sp³-hybridized carbons (Fsp3) is 0.435. The van der Waals surface area contributed by atoms with Gasteiger partial charge >= 0.3 is 0 Å². The van der Waals surface area contributed by atoms with Gasteiger partial charge in [-0.3, -0.25) is 4.79 Å². The van der Waals surface area contributed by atoms with Crippen molar-refractivity contribution in [2.75, 3.05) is 44.8 Å². The Morgan fingerprint density at radius 2 is 1.86 bits per heavy atom. The van der Waals surface area contributed by atoms with Crippen molar-refractivity contribution in [1.29, 1.82) is 0 Å². The molecule has 0 atom stereocenters. The highest BCUT2D eigenvalue weighted by Gasteiger charge is 2.24. The Balaban J connectivity index is 1.70. The fourth-order valence-electron chi connectivity index (χ4n) is 3.41. The molecule has 6 heteroatoms. The maximum absolute atomic E-state index is 13.0. The van der Waals surface area contributed by atoms with Gasteiger partial charge in [0.15, 0.2) is 11.5 Å². The van der Waals surface area contributed by atoms with Crippen molar-refractivity contribution >= 4 is 23.2 Å². The lowest BCUT2D eigenvalue weighted by atomic mass is 10.1. The quantitative estimate of drug-likeness (QED) is 0.687. The number of benzene rings is 2. The van der Waals surface area contributed by atoms with Gasteiger partial charge in [0, 0.05) is 37.4 Å². The fourth-order valence-corrected chi connectivity index (χ4v) is 3.67. The van der Waals surface area contributed by atoms with E-state index in [-0.39, 0.29) is 5.91 Å². The second-order valence-electron chi connectivity index (χ2n) is 7.81.